The number of nitrogens with one attached hydrogen (secondary N) is 1. The SMILES string of the molecule is Cc1cc(C)c(NC(=O)Cn2cnc3scc(-c4ccccc4)c3c2=O)c(C)c1. The lowest BCUT2D eigenvalue weighted by atomic mass is 10.1. The maximum atomic E-state index is 13.1. The van der Waals surface area contributed by atoms with E-state index in [1.807, 2.05) is 68.6 Å². The Hall–Kier alpha value is -3.25. The van der Waals surface area contributed by atoms with Gasteiger partial charge in [-0.1, -0.05) is 48.0 Å². The molecule has 146 valence electrons. The number of aromatic nitrogens is 2. The molecule has 0 bridgehead atoms. The monoisotopic (exact) mass is 403 g/mol. The molecule has 0 aliphatic rings. The van der Waals surface area contributed by atoms with Crippen molar-refractivity contribution in [3.8, 4) is 11.1 Å². The Bertz CT molecular complexity index is 1250. The standard InChI is InChI=1S/C23H21N3O2S/c1-14-9-15(2)21(16(3)10-14)25-19(27)11-26-13-24-22-20(23(26)28)18(12-29-22)17-7-5-4-6-8-17/h4-10,12-13H,11H2,1-3H3,(H,25,27). The summed E-state index contributed by atoms with van der Waals surface area (Å²) in [5.41, 5.74) is 5.55. The van der Waals surface area contributed by atoms with Gasteiger partial charge in [0.05, 0.1) is 11.7 Å². The lowest BCUT2D eigenvalue weighted by Gasteiger charge is -2.13. The average molecular weight is 404 g/mol. The molecule has 4 aromatic rings. The Morgan fingerprint density at radius 2 is 1.79 bits per heavy atom. The average Bonchev–Trinajstić information content (AvgIpc) is 3.12. The molecule has 0 saturated carbocycles. The molecular formula is C23H21N3O2S. The van der Waals surface area contributed by atoms with Gasteiger partial charge in [-0.25, -0.2) is 4.98 Å². The summed E-state index contributed by atoms with van der Waals surface area (Å²) >= 11 is 1.43. The van der Waals surface area contributed by atoms with Gasteiger partial charge in [-0.15, -0.1) is 11.3 Å². The number of benzene rings is 2. The smallest absolute Gasteiger partial charge is 0.263 e. The number of aryl methyl sites for hydroxylation is 3. The molecule has 2 heterocycles. The van der Waals surface area contributed by atoms with Gasteiger partial charge in [-0.05, 0) is 37.5 Å². The Morgan fingerprint density at radius 3 is 2.48 bits per heavy atom. The van der Waals surface area contributed by atoms with E-state index in [9.17, 15) is 9.59 Å². The molecule has 4 rings (SSSR count). The molecule has 0 atom stereocenters. The highest BCUT2D eigenvalue weighted by atomic mass is 32.1. The van der Waals surface area contributed by atoms with Gasteiger partial charge >= 0.3 is 0 Å². The first kappa shape index (κ1) is 19.1. The summed E-state index contributed by atoms with van der Waals surface area (Å²) in [7, 11) is 0. The predicted octanol–water partition coefficient (Wildman–Crippen LogP) is 4.69. The van der Waals surface area contributed by atoms with Crippen molar-refractivity contribution < 1.29 is 4.79 Å². The van der Waals surface area contributed by atoms with Gasteiger partial charge in [-0.3, -0.25) is 14.2 Å². The lowest BCUT2D eigenvalue weighted by Crippen LogP contribution is -2.28. The van der Waals surface area contributed by atoms with E-state index in [0.29, 0.717) is 10.2 Å². The Balaban J connectivity index is 1.66. The number of hydrogen-bond acceptors (Lipinski definition) is 4. The largest absolute Gasteiger partial charge is 0.324 e. The summed E-state index contributed by atoms with van der Waals surface area (Å²) in [6.07, 6.45) is 1.45. The van der Waals surface area contributed by atoms with Crippen LogP contribution >= 0.6 is 11.3 Å². The van der Waals surface area contributed by atoms with Crippen LogP contribution in [-0.4, -0.2) is 15.5 Å². The first-order valence-electron chi connectivity index (χ1n) is 9.34. The topological polar surface area (TPSA) is 64.0 Å². The highest BCUT2D eigenvalue weighted by molar-refractivity contribution is 7.17. The van der Waals surface area contributed by atoms with E-state index in [2.05, 4.69) is 10.3 Å². The maximum Gasteiger partial charge on any atom is 0.263 e. The quantitative estimate of drug-likeness (QED) is 0.538. The number of thiophene rings is 1. The highest BCUT2D eigenvalue weighted by Gasteiger charge is 2.15. The maximum absolute atomic E-state index is 13.1. The second-order valence-electron chi connectivity index (χ2n) is 7.20. The zero-order chi connectivity index (χ0) is 20.5. The number of hydrogen-bond donors (Lipinski definition) is 1. The Kier molecular flexibility index (Phi) is 5.03. The van der Waals surface area contributed by atoms with E-state index in [1.54, 1.807) is 0 Å². The summed E-state index contributed by atoms with van der Waals surface area (Å²) in [5.74, 6) is -0.250. The van der Waals surface area contributed by atoms with E-state index in [0.717, 1.165) is 33.5 Å². The molecule has 29 heavy (non-hydrogen) atoms. The molecular weight excluding hydrogens is 382 g/mol. The summed E-state index contributed by atoms with van der Waals surface area (Å²) < 4.78 is 1.37. The van der Waals surface area contributed by atoms with Crippen molar-refractivity contribution in [3.05, 3.63) is 81.2 Å². The van der Waals surface area contributed by atoms with Crippen molar-refractivity contribution in [3.63, 3.8) is 0 Å². The molecule has 0 unspecified atom stereocenters. The Labute approximate surface area is 172 Å². The third-order valence-electron chi connectivity index (χ3n) is 4.90. The first-order valence-corrected chi connectivity index (χ1v) is 10.2. The van der Waals surface area contributed by atoms with E-state index in [1.165, 1.54) is 22.2 Å². The van der Waals surface area contributed by atoms with Crippen LogP contribution in [0.25, 0.3) is 21.3 Å². The van der Waals surface area contributed by atoms with Crippen LogP contribution in [0.2, 0.25) is 0 Å². The lowest BCUT2D eigenvalue weighted by molar-refractivity contribution is -0.116. The minimum absolute atomic E-state index is 0.0847. The van der Waals surface area contributed by atoms with Crippen LogP contribution in [0, 0.1) is 20.8 Å². The minimum Gasteiger partial charge on any atom is -0.324 e. The fourth-order valence-corrected chi connectivity index (χ4v) is 4.53. The van der Waals surface area contributed by atoms with Gasteiger partial charge in [0.15, 0.2) is 0 Å². The number of anilines is 1. The number of nitrogens with zero attached hydrogens (tertiary/aromatic N) is 2. The van der Waals surface area contributed by atoms with Gasteiger partial charge in [0.25, 0.3) is 5.56 Å². The molecule has 0 aliphatic carbocycles. The molecule has 2 aromatic heterocycles. The van der Waals surface area contributed by atoms with Gasteiger partial charge in [0.2, 0.25) is 5.91 Å². The van der Waals surface area contributed by atoms with E-state index >= 15 is 0 Å². The van der Waals surface area contributed by atoms with Crippen molar-refractivity contribution in [1.82, 2.24) is 9.55 Å². The minimum atomic E-state index is -0.250. The van der Waals surface area contributed by atoms with Crippen molar-refractivity contribution in [2.24, 2.45) is 0 Å². The Morgan fingerprint density at radius 1 is 1.10 bits per heavy atom. The first-order chi connectivity index (χ1) is 13.9. The summed E-state index contributed by atoms with van der Waals surface area (Å²) in [5, 5.41) is 5.44. The highest BCUT2D eigenvalue weighted by Crippen LogP contribution is 2.30. The molecule has 0 spiro atoms. The molecule has 1 N–H and O–H groups in total. The van der Waals surface area contributed by atoms with Crippen LogP contribution in [0.5, 0.6) is 0 Å². The third kappa shape index (κ3) is 3.71. The number of amides is 1. The van der Waals surface area contributed by atoms with Crippen molar-refractivity contribution in [2.45, 2.75) is 27.3 Å². The molecule has 2 aromatic carbocycles. The van der Waals surface area contributed by atoms with Gasteiger partial charge in [0.1, 0.15) is 11.4 Å². The fourth-order valence-electron chi connectivity index (χ4n) is 3.62. The molecule has 0 radical (unpaired) electrons. The fraction of sp³-hybridized carbons (Fsp3) is 0.174. The van der Waals surface area contributed by atoms with Crippen LogP contribution < -0.4 is 10.9 Å². The molecule has 6 heteroatoms. The number of carbonyl (C=O) groups is 1. The van der Waals surface area contributed by atoms with Crippen LogP contribution in [0.1, 0.15) is 16.7 Å². The van der Waals surface area contributed by atoms with Crippen LogP contribution in [0.15, 0.2) is 59.0 Å². The van der Waals surface area contributed by atoms with Crippen molar-refractivity contribution in [2.75, 3.05) is 5.32 Å². The molecule has 0 saturated heterocycles. The van der Waals surface area contributed by atoms with Crippen LogP contribution in [-0.2, 0) is 11.3 Å². The molecule has 1 amide bonds. The van der Waals surface area contributed by atoms with E-state index in [-0.39, 0.29) is 18.0 Å². The van der Waals surface area contributed by atoms with Crippen LogP contribution in [0.4, 0.5) is 5.69 Å². The second kappa shape index (κ2) is 7.64. The molecule has 0 aliphatic heterocycles. The van der Waals surface area contributed by atoms with Gasteiger partial charge in [-0.2, -0.15) is 0 Å². The number of carbonyl (C=O) groups excluding carboxylic acids is 1. The predicted molar refractivity (Wildman–Crippen MR) is 119 cm³/mol. The molecule has 0 fully saturated rings. The zero-order valence-electron chi connectivity index (χ0n) is 16.5. The third-order valence-corrected chi connectivity index (χ3v) is 5.79. The normalized spacial score (nSPS) is 11.0. The van der Waals surface area contributed by atoms with Gasteiger partial charge < -0.3 is 5.32 Å². The zero-order valence-corrected chi connectivity index (χ0v) is 17.3. The summed E-state index contributed by atoms with van der Waals surface area (Å²) in [6.45, 7) is 5.87. The van der Waals surface area contributed by atoms with Gasteiger partial charge in [0, 0.05) is 16.6 Å². The number of rotatable bonds is 4. The van der Waals surface area contributed by atoms with E-state index in [4.69, 9.17) is 0 Å². The van der Waals surface area contributed by atoms with E-state index < -0.39 is 0 Å². The molecule has 5 nitrogen and oxygen atoms in total. The summed E-state index contributed by atoms with van der Waals surface area (Å²) in [4.78, 5) is 30.8. The van der Waals surface area contributed by atoms with Crippen molar-refractivity contribution in [1.29, 1.82) is 0 Å². The second-order valence-corrected chi connectivity index (χ2v) is 8.05. The summed E-state index contributed by atoms with van der Waals surface area (Å²) in [6, 6.07) is 13.8. The van der Waals surface area contributed by atoms with Crippen molar-refractivity contribution >= 4 is 33.1 Å². The number of fused-ring (bicyclic) bond motifs is 1. The van der Waals surface area contributed by atoms with Crippen LogP contribution in [0.3, 0.4) is 0 Å².